The number of nitrogen functional groups attached to an aromatic ring is 1. The number of hydrogen-bond acceptors (Lipinski definition) is 7. The number of amides is 1. The van der Waals surface area contributed by atoms with Crippen LogP contribution in [0.5, 0.6) is 5.19 Å². The molecule has 0 saturated carbocycles. The molecule has 0 bridgehead atoms. The molecule has 0 spiro atoms. The fourth-order valence-electron chi connectivity index (χ4n) is 1.40. The van der Waals surface area contributed by atoms with Crippen molar-refractivity contribution < 1.29 is 14.3 Å². The van der Waals surface area contributed by atoms with Crippen molar-refractivity contribution in [3.8, 4) is 5.19 Å². The first kappa shape index (κ1) is 12.9. The van der Waals surface area contributed by atoms with Crippen LogP contribution in [0.2, 0.25) is 0 Å². The van der Waals surface area contributed by atoms with Crippen molar-refractivity contribution in [3.63, 3.8) is 0 Å². The topological polar surface area (TPSA) is 90.6 Å². The summed E-state index contributed by atoms with van der Waals surface area (Å²) in [6, 6.07) is 0. The van der Waals surface area contributed by atoms with Gasteiger partial charge >= 0.3 is 6.09 Å². The summed E-state index contributed by atoms with van der Waals surface area (Å²) in [4.78, 5) is 13.2. The first-order valence-corrected chi connectivity index (χ1v) is 6.39. The van der Waals surface area contributed by atoms with E-state index >= 15 is 0 Å². The minimum atomic E-state index is -0.475. The highest BCUT2D eigenvalue weighted by Crippen LogP contribution is 2.24. The summed E-state index contributed by atoms with van der Waals surface area (Å²) in [5, 5.41) is 8.20. The van der Waals surface area contributed by atoms with Gasteiger partial charge in [0.15, 0.2) is 0 Å². The van der Waals surface area contributed by atoms with Gasteiger partial charge in [-0.3, -0.25) is 0 Å². The highest BCUT2D eigenvalue weighted by molar-refractivity contribution is 7.16. The van der Waals surface area contributed by atoms with E-state index in [1.54, 1.807) is 4.90 Å². The Labute approximate surface area is 109 Å². The molecule has 2 N–H and O–H groups in total. The zero-order valence-electron chi connectivity index (χ0n) is 10.5. The molecule has 0 aromatic carbocycles. The van der Waals surface area contributed by atoms with Crippen molar-refractivity contribution in [3.05, 3.63) is 0 Å². The molecule has 1 saturated heterocycles. The van der Waals surface area contributed by atoms with E-state index < -0.39 is 5.60 Å². The minimum absolute atomic E-state index is 0.0649. The first-order valence-electron chi connectivity index (χ1n) is 5.57. The van der Waals surface area contributed by atoms with Crippen molar-refractivity contribution in [2.75, 3.05) is 18.8 Å². The summed E-state index contributed by atoms with van der Waals surface area (Å²) in [7, 11) is 0. The fourth-order valence-corrected chi connectivity index (χ4v) is 1.93. The second kappa shape index (κ2) is 4.60. The fraction of sp³-hybridized carbons (Fsp3) is 0.700. The molecule has 0 aliphatic carbocycles. The number of aromatic nitrogens is 2. The quantitative estimate of drug-likeness (QED) is 0.867. The highest BCUT2D eigenvalue weighted by atomic mass is 32.1. The number of likely N-dealkylation sites (tertiary alicyclic amines) is 1. The Morgan fingerprint density at radius 2 is 2.11 bits per heavy atom. The molecule has 1 aliphatic heterocycles. The third-order valence-corrected chi connectivity index (χ3v) is 2.83. The Morgan fingerprint density at radius 3 is 2.61 bits per heavy atom. The van der Waals surface area contributed by atoms with Gasteiger partial charge in [0.1, 0.15) is 11.7 Å². The van der Waals surface area contributed by atoms with Crippen molar-refractivity contribution in [2.24, 2.45) is 0 Å². The molecule has 1 aromatic heterocycles. The largest absolute Gasteiger partial charge is 0.462 e. The Kier molecular flexibility index (Phi) is 3.29. The maximum absolute atomic E-state index is 11.6. The molecule has 2 heterocycles. The van der Waals surface area contributed by atoms with E-state index in [1.165, 1.54) is 11.3 Å². The number of hydrogen-bond donors (Lipinski definition) is 1. The van der Waals surface area contributed by atoms with Crippen molar-refractivity contribution in [1.29, 1.82) is 0 Å². The maximum atomic E-state index is 11.6. The monoisotopic (exact) mass is 272 g/mol. The van der Waals surface area contributed by atoms with Crippen LogP contribution in [0, 0.1) is 0 Å². The molecule has 0 radical (unpaired) electrons. The van der Waals surface area contributed by atoms with Crippen molar-refractivity contribution >= 4 is 22.6 Å². The van der Waals surface area contributed by atoms with E-state index in [2.05, 4.69) is 10.2 Å². The van der Waals surface area contributed by atoms with Crippen LogP contribution in [0.15, 0.2) is 0 Å². The molecule has 1 aromatic rings. The standard InChI is InChI=1S/C10H16N4O3S/c1-10(2,3)17-9(15)14-4-6(5-14)16-8-13-12-7(11)18-8/h6H,4-5H2,1-3H3,(H2,11,12). The van der Waals surface area contributed by atoms with Crippen LogP contribution >= 0.6 is 11.3 Å². The average molecular weight is 272 g/mol. The Bertz CT molecular complexity index is 437. The Morgan fingerprint density at radius 1 is 1.44 bits per heavy atom. The minimum Gasteiger partial charge on any atom is -0.462 e. The second-order valence-corrected chi connectivity index (χ2v) is 6.00. The summed E-state index contributed by atoms with van der Waals surface area (Å²) in [5.74, 6) is 0. The number of carbonyl (C=O) groups is 1. The summed E-state index contributed by atoms with van der Waals surface area (Å²) >= 11 is 1.18. The van der Waals surface area contributed by atoms with Gasteiger partial charge in [-0.05, 0) is 32.1 Å². The molecule has 8 heteroatoms. The maximum Gasteiger partial charge on any atom is 0.410 e. The zero-order valence-corrected chi connectivity index (χ0v) is 11.4. The number of carbonyl (C=O) groups excluding carboxylic acids is 1. The van der Waals surface area contributed by atoms with Crippen LogP contribution in [0.1, 0.15) is 20.8 Å². The number of rotatable bonds is 2. The summed E-state index contributed by atoms with van der Waals surface area (Å²) in [5.41, 5.74) is 4.96. The van der Waals surface area contributed by atoms with Crippen LogP contribution < -0.4 is 10.5 Å². The SMILES string of the molecule is CC(C)(C)OC(=O)N1CC(Oc2nnc(N)s2)C1. The summed E-state index contributed by atoms with van der Waals surface area (Å²) in [6.07, 6.45) is -0.385. The lowest BCUT2D eigenvalue weighted by atomic mass is 10.2. The Balaban J connectivity index is 1.75. The average Bonchev–Trinajstić information content (AvgIpc) is 2.53. The molecule has 2 rings (SSSR count). The normalized spacial score (nSPS) is 16.3. The van der Waals surface area contributed by atoms with Gasteiger partial charge in [0.25, 0.3) is 5.19 Å². The lowest BCUT2D eigenvalue weighted by molar-refractivity contribution is -0.0223. The van der Waals surface area contributed by atoms with Gasteiger partial charge in [-0.15, -0.1) is 5.10 Å². The second-order valence-electron chi connectivity index (χ2n) is 5.03. The number of nitrogens with zero attached hydrogens (tertiary/aromatic N) is 3. The molecule has 18 heavy (non-hydrogen) atoms. The van der Waals surface area contributed by atoms with Gasteiger partial charge in [0.2, 0.25) is 5.13 Å². The summed E-state index contributed by atoms with van der Waals surface area (Å²) in [6.45, 7) is 6.50. The first-order chi connectivity index (χ1) is 8.33. The molecular formula is C10H16N4O3S. The van der Waals surface area contributed by atoms with E-state index in [-0.39, 0.29) is 12.2 Å². The molecule has 1 amide bonds. The van der Waals surface area contributed by atoms with Gasteiger partial charge in [-0.2, -0.15) is 0 Å². The van der Waals surface area contributed by atoms with Crippen LogP contribution in [0.4, 0.5) is 9.93 Å². The predicted molar refractivity (Wildman–Crippen MR) is 66.5 cm³/mol. The van der Waals surface area contributed by atoms with E-state index in [0.717, 1.165) is 0 Å². The molecule has 1 fully saturated rings. The molecule has 0 unspecified atom stereocenters. The van der Waals surface area contributed by atoms with Gasteiger partial charge in [0, 0.05) is 0 Å². The van der Waals surface area contributed by atoms with Crippen LogP contribution in [-0.2, 0) is 4.74 Å². The molecule has 7 nitrogen and oxygen atoms in total. The predicted octanol–water partition coefficient (Wildman–Crippen LogP) is 1.12. The smallest absolute Gasteiger partial charge is 0.410 e. The lowest BCUT2D eigenvalue weighted by Crippen LogP contribution is -2.57. The van der Waals surface area contributed by atoms with Gasteiger partial charge in [-0.25, -0.2) is 4.79 Å². The van der Waals surface area contributed by atoms with E-state index in [4.69, 9.17) is 15.2 Å². The number of nitrogens with two attached hydrogens (primary N) is 1. The third kappa shape index (κ3) is 3.22. The number of anilines is 1. The molecule has 1 aliphatic rings. The van der Waals surface area contributed by atoms with Crippen LogP contribution in [-0.4, -0.2) is 46.0 Å². The van der Waals surface area contributed by atoms with E-state index in [9.17, 15) is 4.79 Å². The van der Waals surface area contributed by atoms with Crippen molar-refractivity contribution in [2.45, 2.75) is 32.5 Å². The van der Waals surface area contributed by atoms with Crippen LogP contribution in [0.3, 0.4) is 0 Å². The molecular weight excluding hydrogens is 256 g/mol. The van der Waals surface area contributed by atoms with Gasteiger partial charge in [0.05, 0.1) is 13.1 Å². The van der Waals surface area contributed by atoms with Crippen molar-refractivity contribution in [1.82, 2.24) is 15.1 Å². The summed E-state index contributed by atoms with van der Waals surface area (Å²) < 4.78 is 10.7. The lowest BCUT2D eigenvalue weighted by Gasteiger charge is -2.38. The van der Waals surface area contributed by atoms with E-state index in [0.29, 0.717) is 23.4 Å². The van der Waals surface area contributed by atoms with Crippen LogP contribution in [0.25, 0.3) is 0 Å². The van der Waals surface area contributed by atoms with E-state index in [1.807, 2.05) is 20.8 Å². The Hall–Kier alpha value is -1.57. The molecule has 0 atom stereocenters. The van der Waals surface area contributed by atoms with Gasteiger partial charge < -0.3 is 20.1 Å². The number of ether oxygens (including phenoxy) is 2. The highest BCUT2D eigenvalue weighted by Gasteiger charge is 2.35. The zero-order chi connectivity index (χ0) is 13.3. The molecule has 100 valence electrons. The third-order valence-electron chi connectivity index (χ3n) is 2.19. The van der Waals surface area contributed by atoms with Gasteiger partial charge in [-0.1, -0.05) is 5.10 Å².